The summed E-state index contributed by atoms with van der Waals surface area (Å²) in [5.74, 6) is 0.0628. The van der Waals surface area contributed by atoms with E-state index < -0.39 is 0 Å². The molecule has 0 fully saturated rings. The quantitative estimate of drug-likeness (QED) is 0.646. The summed E-state index contributed by atoms with van der Waals surface area (Å²) in [6.07, 6.45) is 6.21. The first-order valence-corrected chi connectivity index (χ1v) is 9.00. The molecular formula is C18H21BrN4O. The minimum Gasteiger partial charge on any atom is -0.361 e. The lowest BCUT2D eigenvalue weighted by atomic mass is 10.1. The monoisotopic (exact) mass is 388 g/mol. The highest BCUT2D eigenvalue weighted by atomic mass is 79.9. The van der Waals surface area contributed by atoms with Crippen LogP contribution in [0.1, 0.15) is 31.0 Å². The largest absolute Gasteiger partial charge is 0.361 e. The third-order valence-corrected chi connectivity index (χ3v) is 4.75. The third-order valence-electron chi connectivity index (χ3n) is 4.09. The highest BCUT2D eigenvalue weighted by Crippen LogP contribution is 2.19. The number of carbonyl (C=O) groups is 1. The van der Waals surface area contributed by atoms with E-state index in [-0.39, 0.29) is 5.91 Å². The lowest BCUT2D eigenvalue weighted by Crippen LogP contribution is -2.23. The summed E-state index contributed by atoms with van der Waals surface area (Å²) in [5.41, 5.74) is 3.28. The van der Waals surface area contributed by atoms with Crippen molar-refractivity contribution >= 4 is 32.7 Å². The molecule has 0 aliphatic rings. The van der Waals surface area contributed by atoms with Crippen LogP contribution in [0, 0.1) is 0 Å². The maximum absolute atomic E-state index is 12.0. The van der Waals surface area contributed by atoms with Crippen LogP contribution in [-0.2, 0) is 24.3 Å². The molecule has 0 saturated heterocycles. The lowest BCUT2D eigenvalue weighted by molar-refractivity contribution is -0.121. The van der Waals surface area contributed by atoms with Crippen LogP contribution < -0.4 is 5.32 Å². The van der Waals surface area contributed by atoms with Gasteiger partial charge in [-0.1, -0.05) is 18.2 Å². The fraction of sp³-hybridized carbons (Fsp3) is 0.333. The predicted octanol–water partition coefficient (Wildman–Crippen LogP) is 3.79. The zero-order chi connectivity index (χ0) is 16.9. The predicted molar refractivity (Wildman–Crippen MR) is 98.7 cm³/mol. The number of hydrogen-bond acceptors (Lipinski definition) is 2. The summed E-state index contributed by atoms with van der Waals surface area (Å²) < 4.78 is 2.78. The average Bonchev–Trinajstić information content (AvgIpc) is 3.16. The smallest absolute Gasteiger partial charge is 0.220 e. The van der Waals surface area contributed by atoms with Crippen LogP contribution in [0.25, 0.3) is 10.9 Å². The molecule has 1 aromatic carbocycles. The van der Waals surface area contributed by atoms with Gasteiger partial charge in [-0.15, -0.1) is 0 Å². The molecular weight excluding hydrogens is 368 g/mol. The molecule has 3 aromatic rings. The Kier molecular flexibility index (Phi) is 5.35. The van der Waals surface area contributed by atoms with E-state index in [1.165, 1.54) is 10.9 Å². The Morgan fingerprint density at radius 1 is 1.38 bits per heavy atom. The Hall–Kier alpha value is -2.08. The minimum atomic E-state index is 0.0628. The molecule has 24 heavy (non-hydrogen) atoms. The highest BCUT2D eigenvalue weighted by Gasteiger charge is 2.09. The van der Waals surface area contributed by atoms with E-state index in [9.17, 15) is 4.79 Å². The number of aryl methyl sites for hydroxylation is 2. The van der Waals surface area contributed by atoms with Crippen molar-refractivity contribution < 1.29 is 4.79 Å². The molecule has 0 spiro atoms. The van der Waals surface area contributed by atoms with Gasteiger partial charge in [-0.2, -0.15) is 5.10 Å². The number of para-hydroxylation sites is 1. The van der Waals surface area contributed by atoms with E-state index >= 15 is 0 Å². The SMILES string of the molecule is CCn1cc(Br)c(CNC(=O)CCCc2c[nH]c3ccccc23)n1. The van der Waals surface area contributed by atoms with E-state index in [0.717, 1.165) is 35.1 Å². The summed E-state index contributed by atoms with van der Waals surface area (Å²) in [7, 11) is 0. The zero-order valence-corrected chi connectivity index (χ0v) is 15.3. The summed E-state index contributed by atoms with van der Waals surface area (Å²) in [5, 5.41) is 8.59. The van der Waals surface area contributed by atoms with Crippen LogP contribution in [0.3, 0.4) is 0 Å². The van der Waals surface area contributed by atoms with Crippen molar-refractivity contribution in [3.63, 3.8) is 0 Å². The number of aromatic amines is 1. The van der Waals surface area contributed by atoms with Gasteiger partial charge in [0.25, 0.3) is 0 Å². The standard InChI is InChI=1S/C18H21BrN4O/c1-2-23-12-15(19)17(22-23)11-21-18(24)9-5-6-13-10-20-16-8-4-3-7-14(13)16/h3-4,7-8,10,12,20H,2,5-6,9,11H2,1H3,(H,21,24). The Labute approximate surface area is 149 Å². The van der Waals surface area contributed by atoms with E-state index in [0.29, 0.717) is 13.0 Å². The van der Waals surface area contributed by atoms with Crippen molar-refractivity contribution in [2.24, 2.45) is 0 Å². The topological polar surface area (TPSA) is 62.7 Å². The zero-order valence-electron chi connectivity index (χ0n) is 13.7. The number of fused-ring (bicyclic) bond motifs is 1. The number of nitrogens with zero attached hydrogens (tertiary/aromatic N) is 2. The second-order valence-corrected chi connectivity index (χ2v) is 6.62. The number of benzene rings is 1. The van der Waals surface area contributed by atoms with Gasteiger partial charge < -0.3 is 10.3 Å². The second-order valence-electron chi connectivity index (χ2n) is 5.77. The van der Waals surface area contributed by atoms with E-state index in [2.05, 4.69) is 43.5 Å². The molecule has 2 aromatic heterocycles. The fourth-order valence-corrected chi connectivity index (χ4v) is 3.22. The Morgan fingerprint density at radius 3 is 3.00 bits per heavy atom. The third kappa shape index (κ3) is 3.87. The van der Waals surface area contributed by atoms with Crippen molar-refractivity contribution in [3.05, 3.63) is 52.4 Å². The molecule has 0 unspecified atom stereocenters. The van der Waals surface area contributed by atoms with Gasteiger partial charge >= 0.3 is 0 Å². The first-order valence-electron chi connectivity index (χ1n) is 8.21. The molecule has 0 aliphatic carbocycles. The number of hydrogen-bond donors (Lipinski definition) is 2. The number of nitrogens with one attached hydrogen (secondary N) is 2. The van der Waals surface area contributed by atoms with Crippen LogP contribution in [0.15, 0.2) is 41.1 Å². The van der Waals surface area contributed by atoms with Gasteiger partial charge in [0.1, 0.15) is 0 Å². The number of aromatic nitrogens is 3. The maximum atomic E-state index is 12.0. The van der Waals surface area contributed by atoms with Crippen LogP contribution in [-0.4, -0.2) is 20.7 Å². The molecule has 126 valence electrons. The molecule has 6 heteroatoms. The number of rotatable bonds is 7. The van der Waals surface area contributed by atoms with Crippen LogP contribution >= 0.6 is 15.9 Å². The van der Waals surface area contributed by atoms with Crippen LogP contribution in [0.5, 0.6) is 0 Å². The van der Waals surface area contributed by atoms with Gasteiger partial charge in [-0.3, -0.25) is 9.48 Å². The summed E-state index contributed by atoms with van der Waals surface area (Å²) in [6.45, 7) is 3.31. The molecule has 3 rings (SSSR count). The van der Waals surface area contributed by atoms with Gasteiger partial charge in [0.05, 0.1) is 16.7 Å². The number of H-pyrrole nitrogens is 1. The number of halogens is 1. The van der Waals surface area contributed by atoms with Gasteiger partial charge in [-0.25, -0.2) is 0 Å². The van der Waals surface area contributed by atoms with Crippen molar-refractivity contribution in [2.45, 2.75) is 39.3 Å². The summed E-state index contributed by atoms with van der Waals surface area (Å²) in [6, 6.07) is 8.25. The second kappa shape index (κ2) is 7.66. The molecule has 5 nitrogen and oxygen atoms in total. The summed E-state index contributed by atoms with van der Waals surface area (Å²) >= 11 is 3.47. The molecule has 0 aliphatic heterocycles. The van der Waals surface area contributed by atoms with Gasteiger partial charge in [-0.05, 0) is 47.3 Å². The van der Waals surface area contributed by atoms with Crippen molar-refractivity contribution in [1.82, 2.24) is 20.1 Å². The van der Waals surface area contributed by atoms with Gasteiger partial charge in [0.15, 0.2) is 0 Å². The highest BCUT2D eigenvalue weighted by molar-refractivity contribution is 9.10. The first kappa shape index (κ1) is 16.8. The van der Waals surface area contributed by atoms with E-state index in [4.69, 9.17) is 0 Å². The Balaban J connectivity index is 1.46. The normalized spacial score (nSPS) is 11.1. The van der Waals surface area contributed by atoms with Crippen LogP contribution in [0.4, 0.5) is 0 Å². The average molecular weight is 389 g/mol. The summed E-state index contributed by atoms with van der Waals surface area (Å²) in [4.78, 5) is 15.3. The minimum absolute atomic E-state index is 0.0628. The lowest BCUT2D eigenvalue weighted by Gasteiger charge is -2.04. The number of amides is 1. The Morgan fingerprint density at radius 2 is 2.21 bits per heavy atom. The molecule has 1 amide bonds. The molecule has 2 N–H and O–H groups in total. The van der Waals surface area contributed by atoms with Crippen molar-refractivity contribution in [1.29, 1.82) is 0 Å². The molecule has 0 radical (unpaired) electrons. The van der Waals surface area contributed by atoms with E-state index in [1.807, 2.05) is 36.1 Å². The van der Waals surface area contributed by atoms with Crippen LogP contribution in [0.2, 0.25) is 0 Å². The first-order chi connectivity index (χ1) is 11.7. The molecule has 0 atom stereocenters. The molecule has 0 saturated carbocycles. The molecule has 0 bridgehead atoms. The molecule has 2 heterocycles. The maximum Gasteiger partial charge on any atom is 0.220 e. The van der Waals surface area contributed by atoms with Crippen molar-refractivity contribution in [2.75, 3.05) is 0 Å². The fourth-order valence-electron chi connectivity index (χ4n) is 2.77. The van der Waals surface area contributed by atoms with E-state index in [1.54, 1.807) is 0 Å². The number of carbonyl (C=O) groups excluding carboxylic acids is 1. The van der Waals surface area contributed by atoms with Crippen molar-refractivity contribution in [3.8, 4) is 0 Å². The van der Waals surface area contributed by atoms with Gasteiger partial charge in [0.2, 0.25) is 5.91 Å². The van der Waals surface area contributed by atoms with Gasteiger partial charge in [0, 0.05) is 36.3 Å². The Bertz CT molecular complexity index is 837.